The van der Waals surface area contributed by atoms with Crippen LogP contribution >= 0.6 is 0 Å². The molecule has 0 radical (unpaired) electrons. The fourth-order valence-electron chi connectivity index (χ4n) is 1.63. The second-order valence-corrected chi connectivity index (χ2v) is 4.78. The van der Waals surface area contributed by atoms with Crippen molar-refractivity contribution in [2.24, 2.45) is 0 Å². The van der Waals surface area contributed by atoms with Gasteiger partial charge in [-0.3, -0.25) is 4.98 Å². The van der Waals surface area contributed by atoms with E-state index in [4.69, 9.17) is 0 Å². The Labute approximate surface area is 97.3 Å². The van der Waals surface area contributed by atoms with Crippen LogP contribution in [-0.2, 0) is 5.41 Å². The molecule has 0 saturated carbocycles. The number of aromatic nitrogens is 1. The zero-order valence-corrected chi connectivity index (χ0v) is 10.4. The van der Waals surface area contributed by atoms with Crippen molar-refractivity contribution >= 4 is 0 Å². The number of rotatable bonds is 6. The molecule has 1 aromatic rings. The molecule has 0 unspecified atom stereocenters. The summed E-state index contributed by atoms with van der Waals surface area (Å²) in [5, 5.41) is 3.36. The first-order chi connectivity index (χ1) is 7.56. The van der Waals surface area contributed by atoms with E-state index in [1.807, 2.05) is 0 Å². The van der Waals surface area contributed by atoms with Crippen LogP contribution in [0.25, 0.3) is 0 Å². The highest BCUT2D eigenvalue weighted by Gasteiger charge is 2.20. The highest BCUT2D eigenvalue weighted by atomic mass is 19.1. The quantitative estimate of drug-likeness (QED) is 0.752. The first-order valence-electron chi connectivity index (χ1n) is 5.88. The summed E-state index contributed by atoms with van der Waals surface area (Å²) in [4.78, 5) is 3.90. The van der Waals surface area contributed by atoms with Crippen molar-refractivity contribution in [1.82, 2.24) is 10.3 Å². The number of nitrogens with one attached hydrogen (secondary N) is 1. The predicted octanol–water partition coefficient (Wildman–Crippen LogP) is 2.89. The first kappa shape index (κ1) is 13.1. The molecule has 2 nitrogen and oxygen atoms in total. The predicted molar refractivity (Wildman–Crippen MR) is 65.0 cm³/mol. The van der Waals surface area contributed by atoms with Gasteiger partial charge >= 0.3 is 0 Å². The summed E-state index contributed by atoms with van der Waals surface area (Å²) in [6.45, 7) is 8.39. The van der Waals surface area contributed by atoms with Crippen LogP contribution in [0.3, 0.4) is 0 Å². The van der Waals surface area contributed by atoms with Crippen LogP contribution in [0.4, 0.5) is 4.39 Å². The summed E-state index contributed by atoms with van der Waals surface area (Å²) in [7, 11) is 0. The van der Waals surface area contributed by atoms with E-state index in [0.29, 0.717) is 0 Å². The van der Waals surface area contributed by atoms with Gasteiger partial charge in [-0.15, -0.1) is 0 Å². The molecule has 1 aromatic heterocycles. The SMILES string of the molecule is CCCNCCC(C)(C)c1cncc(F)c1. The van der Waals surface area contributed by atoms with E-state index in [2.05, 4.69) is 31.1 Å². The third-order valence-electron chi connectivity index (χ3n) is 2.84. The van der Waals surface area contributed by atoms with Crippen molar-refractivity contribution in [3.8, 4) is 0 Å². The van der Waals surface area contributed by atoms with Crippen LogP contribution in [0.15, 0.2) is 18.5 Å². The van der Waals surface area contributed by atoms with Crippen LogP contribution in [0.2, 0.25) is 0 Å². The second-order valence-electron chi connectivity index (χ2n) is 4.78. The van der Waals surface area contributed by atoms with E-state index in [1.165, 1.54) is 6.20 Å². The Hall–Kier alpha value is -0.960. The smallest absolute Gasteiger partial charge is 0.141 e. The van der Waals surface area contributed by atoms with Crippen molar-refractivity contribution in [1.29, 1.82) is 0 Å². The van der Waals surface area contributed by atoms with Crippen molar-refractivity contribution in [3.63, 3.8) is 0 Å². The fourth-order valence-corrected chi connectivity index (χ4v) is 1.63. The average Bonchev–Trinajstić information content (AvgIpc) is 2.24. The average molecular weight is 224 g/mol. The van der Waals surface area contributed by atoms with Crippen molar-refractivity contribution in [3.05, 3.63) is 29.8 Å². The molecule has 1 N–H and O–H groups in total. The van der Waals surface area contributed by atoms with Crippen LogP contribution < -0.4 is 5.32 Å². The van der Waals surface area contributed by atoms with E-state index in [9.17, 15) is 4.39 Å². The Morgan fingerprint density at radius 2 is 2.06 bits per heavy atom. The maximum Gasteiger partial charge on any atom is 0.141 e. The molecule has 90 valence electrons. The normalized spacial score (nSPS) is 11.8. The van der Waals surface area contributed by atoms with Gasteiger partial charge in [0, 0.05) is 6.20 Å². The van der Waals surface area contributed by atoms with Crippen molar-refractivity contribution < 1.29 is 4.39 Å². The van der Waals surface area contributed by atoms with E-state index < -0.39 is 0 Å². The second kappa shape index (κ2) is 5.94. The molecule has 0 fully saturated rings. The lowest BCUT2D eigenvalue weighted by atomic mass is 9.82. The lowest BCUT2D eigenvalue weighted by molar-refractivity contribution is 0.452. The summed E-state index contributed by atoms with van der Waals surface area (Å²) < 4.78 is 13.1. The molecular weight excluding hydrogens is 203 g/mol. The van der Waals surface area contributed by atoms with Gasteiger partial charge in [0.25, 0.3) is 0 Å². The molecule has 0 atom stereocenters. The van der Waals surface area contributed by atoms with Gasteiger partial charge in [-0.1, -0.05) is 20.8 Å². The molecule has 0 aromatic carbocycles. The Balaban J connectivity index is 2.55. The minimum absolute atomic E-state index is 0.0319. The van der Waals surface area contributed by atoms with Gasteiger partial charge in [-0.2, -0.15) is 0 Å². The van der Waals surface area contributed by atoms with E-state index in [-0.39, 0.29) is 11.2 Å². The molecule has 0 aliphatic carbocycles. The lowest BCUT2D eigenvalue weighted by Gasteiger charge is -2.25. The summed E-state index contributed by atoms with van der Waals surface area (Å²) in [6, 6.07) is 1.58. The lowest BCUT2D eigenvalue weighted by Crippen LogP contribution is -2.26. The topological polar surface area (TPSA) is 24.9 Å². The number of pyridine rings is 1. The summed E-state index contributed by atoms with van der Waals surface area (Å²) in [5.74, 6) is -0.257. The molecule has 1 heterocycles. The fraction of sp³-hybridized carbons (Fsp3) is 0.615. The third-order valence-corrected chi connectivity index (χ3v) is 2.84. The molecule has 1 rings (SSSR count). The third kappa shape index (κ3) is 3.89. The maximum atomic E-state index is 13.1. The molecular formula is C13H21FN2. The molecule has 0 aliphatic rings. The molecule has 0 aliphatic heterocycles. The maximum absolute atomic E-state index is 13.1. The zero-order valence-electron chi connectivity index (χ0n) is 10.4. The molecule has 0 bridgehead atoms. The van der Waals surface area contributed by atoms with Gasteiger partial charge in [0.2, 0.25) is 0 Å². The summed E-state index contributed by atoms with van der Waals surface area (Å²) >= 11 is 0. The highest BCUT2D eigenvalue weighted by molar-refractivity contribution is 5.20. The van der Waals surface area contributed by atoms with Crippen LogP contribution in [0.1, 0.15) is 39.2 Å². The van der Waals surface area contributed by atoms with Crippen molar-refractivity contribution in [2.45, 2.75) is 39.0 Å². The van der Waals surface area contributed by atoms with Gasteiger partial charge < -0.3 is 5.32 Å². The van der Waals surface area contributed by atoms with Crippen LogP contribution in [-0.4, -0.2) is 18.1 Å². The number of hydrogen-bond donors (Lipinski definition) is 1. The van der Waals surface area contributed by atoms with Gasteiger partial charge in [-0.25, -0.2) is 4.39 Å². The minimum atomic E-state index is -0.257. The van der Waals surface area contributed by atoms with E-state index >= 15 is 0 Å². The zero-order chi connectivity index (χ0) is 12.0. The molecule has 16 heavy (non-hydrogen) atoms. The molecule has 0 amide bonds. The molecule has 0 saturated heterocycles. The van der Waals surface area contributed by atoms with Crippen molar-refractivity contribution in [2.75, 3.05) is 13.1 Å². The van der Waals surface area contributed by atoms with Gasteiger partial charge in [-0.05, 0) is 43.0 Å². The standard InChI is InChI=1S/C13H21FN2/c1-4-6-15-7-5-13(2,3)11-8-12(14)10-16-9-11/h8-10,15H,4-7H2,1-3H3. The Bertz CT molecular complexity index is 323. The Morgan fingerprint density at radius 3 is 2.69 bits per heavy atom. The molecule has 3 heteroatoms. The van der Waals surface area contributed by atoms with Gasteiger partial charge in [0.1, 0.15) is 5.82 Å². The first-order valence-corrected chi connectivity index (χ1v) is 5.88. The molecule has 0 spiro atoms. The number of halogens is 1. The number of hydrogen-bond acceptors (Lipinski definition) is 2. The Morgan fingerprint density at radius 1 is 1.31 bits per heavy atom. The van der Waals surface area contributed by atoms with Crippen LogP contribution in [0, 0.1) is 5.82 Å². The van der Waals surface area contributed by atoms with Gasteiger partial charge in [0.15, 0.2) is 0 Å². The largest absolute Gasteiger partial charge is 0.317 e. The summed E-state index contributed by atoms with van der Waals surface area (Å²) in [5.41, 5.74) is 0.932. The minimum Gasteiger partial charge on any atom is -0.317 e. The highest BCUT2D eigenvalue weighted by Crippen LogP contribution is 2.26. The van der Waals surface area contributed by atoms with Gasteiger partial charge in [0.05, 0.1) is 6.20 Å². The number of nitrogens with zero attached hydrogens (tertiary/aromatic N) is 1. The summed E-state index contributed by atoms with van der Waals surface area (Å²) in [6.07, 6.45) is 5.12. The Kier molecular flexibility index (Phi) is 4.87. The van der Waals surface area contributed by atoms with Crippen LogP contribution in [0.5, 0.6) is 0 Å². The van der Waals surface area contributed by atoms with E-state index in [1.54, 1.807) is 12.3 Å². The van der Waals surface area contributed by atoms with E-state index in [0.717, 1.165) is 31.5 Å². The monoisotopic (exact) mass is 224 g/mol.